The number of rotatable bonds is 1. The van der Waals surface area contributed by atoms with Crippen molar-refractivity contribution in [2.45, 2.75) is 32.1 Å². The van der Waals surface area contributed by atoms with E-state index in [0.717, 1.165) is 18.4 Å². The van der Waals surface area contributed by atoms with Crippen LogP contribution in [0.3, 0.4) is 0 Å². The van der Waals surface area contributed by atoms with Crippen molar-refractivity contribution in [2.75, 3.05) is 0 Å². The average Bonchev–Trinajstić information content (AvgIpc) is 2.20. The second kappa shape index (κ2) is 3.91. The first kappa shape index (κ1) is 8.74. The Hall–Kier alpha value is -0.850. The van der Waals surface area contributed by atoms with Crippen LogP contribution in [0.4, 0.5) is 4.39 Å². The molecule has 0 nitrogen and oxygen atoms in total. The molecule has 0 spiro atoms. The summed E-state index contributed by atoms with van der Waals surface area (Å²) in [5, 5.41) is 0. The molecule has 0 bridgehead atoms. The van der Waals surface area contributed by atoms with Gasteiger partial charge in [0, 0.05) is 5.92 Å². The van der Waals surface area contributed by atoms with E-state index in [4.69, 9.17) is 0 Å². The summed E-state index contributed by atoms with van der Waals surface area (Å²) in [7, 11) is 0. The molecule has 0 amide bonds. The lowest BCUT2D eigenvalue weighted by Crippen LogP contribution is -2.07. The van der Waals surface area contributed by atoms with Crippen molar-refractivity contribution in [3.05, 3.63) is 41.6 Å². The Morgan fingerprint density at radius 3 is 2.31 bits per heavy atom. The Labute approximate surface area is 78.8 Å². The van der Waals surface area contributed by atoms with Crippen LogP contribution in [-0.4, -0.2) is 0 Å². The van der Waals surface area contributed by atoms with Crippen molar-refractivity contribution in [1.82, 2.24) is 0 Å². The van der Waals surface area contributed by atoms with Crippen LogP contribution >= 0.6 is 0 Å². The van der Waals surface area contributed by atoms with Gasteiger partial charge in [0.05, 0.1) is 0 Å². The maximum Gasteiger partial charge on any atom is 0.126 e. The van der Waals surface area contributed by atoms with E-state index >= 15 is 0 Å². The highest BCUT2D eigenvalue weighted by atomic mass is 19.1. The van der Waals surface area contributed by atoms with Gasteiger partial charge in [-0.05, 0) is 24.5 Å². The first-order valence-electron chi connectivity index (χ1n) is 4.97. The van der Waals surface area contributed by atoms with Gasteiger partial charge in [-0.3, -0.25) is 0 Å². The third kappa shape index (κ3) is 1.90. The van der Waals surface area contributed by atoms with Gasteiger partial charge in [0.2, 0.25) is 0 Å². The first-order valence-corrected chi connectivity index (χ1v) is 4.97. The van der Waals surface area contributed by atoms with Crippen LogP contribution in [0.5, 0.6) is 0 Å². The molecule has 1 saturated carbocycles. The van der Waals surface area contributed by atoms with Crippen molar-refractivity contribution in [1.29, 1.82) is 0 Å². The molecule has 0 atom stereocenters. The van der Waals surface area contributed by atoms with Crippen LogP contribution in [0.1, 0.15) is 37.7 Å². The number of hydrogen-bond donors (Lipinski definition) is 0. The van der Waals surface area contributed by atoms with Crippen LogP contribution in [0.25, 0.3) is 0 Å². The van der Waals surface area contributed by atoms with Gasteiger partial charge in [0.1, 0.15) is 5.82 Å². The zero-order chi connectivity index (χ0) is 9.10. The van der Waals surface area contributed by atoms with Gasteiger partial charge < -0.3 is 0 Å². The quantitative estimate of drug-likeness (QED) is 0.613. The average molecular weight is 177 g/mol. The Kier molecular flexibility index (Phi) is 2.62. The second-order valence-corrected chi connectivity index (χ2v) is 3.64. The fourth-order valence-corrected chi connectivity index (χ4v) is 2.00. The van der Waals surface area contributed by atoms with E-state index in [2.05, 4.69) is 0 Å². The summed E-state index contributed by atoms with van der Waals surface area (Å²) >= 11 is 0. The van der Waals surface area contributed by atoms with Gasteiger partial charge in [-0.25, -0.2) is 4.39 Å². The van der Waals surface area contributed by atoms with Crippen molar-refractivity contribution in [3.63, 3.8) is 0 Å². The Morgan fingerprint density at radius 1 is 0.923 bits per heavy atom. The third-order valence-corrected chi connectivity index (χ3v) is 2.71. The zero-order valence-electron chi connectivity index (χ0n) is 7.72. The summed E-state index contributed by atoms with van der Waals surface area (Å²) in [4.78, 5) is 0. The van der Waals surface area contributed by atoms with Crippen LogP contribution in [0, 0.1) is 11.7 Å². The standard InChI is InChI=1S/C12H14F/c13-12-9-5-4-8-11(12)10-6-2-1-3-7-10/h4-5,8-9H,1-3,6-7H2. The fraction of sp³-hybridized carbons (Fsp3) is 0.417. The summed E-state index contributed by atoms with van der Waals surface area (Å²) in [5.41, 5.74) is 0.849. The Bertz CT molecular complexity index is 274. The number of hydrogen-bond acceptors (Lipinski definition) is 0. The molecule has 1 aliphatic rings. The molecule has 0 saturated heterocycles. The van der Waals surface area contributed by atoms with Crippen LogP contribution in [0.2, 0.25) is 0 Å². The topological polar surface area (TPSA) is 0 Å². The molecule has 69 valence electrons. The van der Waals surface area contributed by atoms with Crippen LogP contribution < -0.4 is 0 Å². The normalized spacial score (nSPS) is 18.8. The molecule has 1 aliphatic carbocycles. The molecule has 0 aliphatic heterocycles. The molecule has 1 fully saturated rings. The van der Waals surface area contributed by atoms with E-state index in [1.54, 1.807) is 12.1 Å². The van der Waals surface area contributed by atoms with E-state index in [1.807, 2.05) is 12.1 Å². The smallest absolute Gasteiger partial charge is 0.126 e. The van der Waals surface area contributed by atoms with Gasteiger partial charge in [0.25, 0.3) is 0 Å². The summed E-state index contributed by atoms with van der Waals surface area (Å²) in [6.45, 7) is 0. The lowest BCUT2D eigenvalue weighted by molar-refractivity contribution is 0.532. The maximum atomic E-state index is 13.4. The monoisotopic (exact) mass is 177 g/mol. The van der Waals surface area contributed by atoms with Gasteiger partial charge in [0.15, 0.2) is 0 Å². The molecule has 1 aromatic carbocycles. The summed E-state index contributed by atoms with van der Waals surface area (Å²) in [5.74, 6) is 1.25. The predicted octanol–water partition coefficient (Wildman–Crippen LogP) is 3.71. The molecular weight excluding hydrogens is 163 g/mol. The molecular formula is C12H14F. The predicted molar refractivity (Wildman–Crippen MR) is 51.8 cm³/mol. The lowest BCUT2D eigenvalue weighted by Gasteiger charge is -2.21. The molecule has 0 N–H and O–H groups in total. The summed E-state index contributed by atoms with van der Waals surface area (Å²) in [6.07, 6.45) is 5.92. The molecule has 1 aromatic rings. The minimum Gasteiger partial charge on any atom is -0.207 e. The van der Waals surface area contributed by atoms with Crippen molar-refractivity contribution < 1.29 is 4.39 Å². The van der Waals surface area contributed by atoms with Crippen molar-refractivity contribution in [2.24, 2.45) is 0 Å². The molecule has 1 heteroatoms. The maximum absolute atomic E-state index is 13.4. The second-order valence-electron chi connectivity index (χ2n) is 3.64. The highest BCUT2D eigenvalue weighted by molar-refractivity contribution is 5.32. The highest BCUT2D eigenvalue weighted by Gasteiger charge is 2.18. The van der Waals surface area contributed by atoms with Gasteiger partial charge in [-0.2, -0.15) is 0 Å². The van der Waals surface area contributed by atoms with Gasteiger partial charge in [-0.15, -0.1) is 0 Å². The van der Waals surface area contributed by atoms with E-state index in [0.29, 0.717) is 0 Å². The minimum atomic E-state index is -0.0561. The molecule has 1 radical (unpaired) electrons. The van der Waals surface area contributed by atoms with E-state index in [9.17, 15) is 4.39 Å². The van der Waals surface area contributed by atoms with Crippen LogP contribution in [0.15, 0.2) is 24.3 Å². The molecule has 2 rings (SSSR count). The Balaban J connectivity index is 2.18. The first-order chi connectivity index (χ1) is 6.38. The molecule has 0 unspecified atom stereocenters. The largest absolute Gasteiger partial charge is 0.207 e. The summed E-state index contributed by atoms with van der Waals surface area (Å²) < 4.78 is 13.4. The lowest BCUT2D eigenvalue weighted by atomic mass is 9.84. The zero-order valence-corrected chi connectivity index (χ0v) is 7.72. The Morgan fingerprint density at radius 2 is 1.62 bits per heavy atom. The fourth-order valence-electron chi connectivity index (χ4n) is 2.00. The summed E-state index contributed by atoms with van der Waals surface area (Å²) in [6, 6.07) is 7.12. The van der Waals surface area contributed by atoms with E-state index in [-0.39, 0.29) is 5.82 Å². The van der Waals surface area contributed by atoms with Gasteiger partial charge in [-0.1, -0.05) is 37.5 Å². The number of halogens is 1. The van der Waals surface area contributed by atoms with E-state index in [1.165, 1.54) is 25.2 Å². The van der Waals surface area contributed by atoms with E-state index < -0.39 is 0 Å². The van der Waals surface area contributed by atoms with Crippen LogP contribution in [-0.2, 0) is 0 Å². The molecule has 13 heavy (non-hydrogen) atoms. The minimum absolute atomic E-state index is 0.0561. The van der Waals surface area contributed by atoms with Gasteiger partial charge >= 0.3 is 0 Å². The third-order valence-electron chi connectivity index (χ3n) is 2.71. The SMILES string of the molecule is Fc1ccccc1[C]1CCCCC1. The van der Waals surface area contributed by atoms with Crippen molar-refractivity contribution >= 4 is 0 Å². The molecule has 0 heterocycles. The highest BCUT2D eigenvalue weighted by Crippen LogP contribution is 2.32. The molecule has 0 aromatic heterocycles. The van der Waals surface area contributed by atoms with Crippen molar-refractivity contribution in [3.8, 4) is 0 Å². The number of benzene rings is 1.